The van der Waals surface area contributed by atoms with E-state index in [1.165, 1.54) is 0 Å². The average molecular weight is 571 g/mol. The molecule has 2 aliphatic rings. The Morgan fingerprint density at radius 3 is 1.88 bits per heavy atom. The summed E-state index contributed by atoms with van der Waals surface area (Å²) in [5, 5.41) is 33.1. The lowest BCUT2D eigenvalue weighted by Crippen LogP contribution is -2.63. The summed E-state index contributed by atoms with van der Waals surface area (Å²) in [4.78, 5) is 0. The van der Waals surface area contributed by atoms with Crippen LogP contribution in [0.4, 0.5) is 0 Å². The maximum Gasteiger partial charge on any atom is 0.229 e. The van der Waals surface area contributed by atoms with Crippen molar-refractivity contribution in [3.05, 3.63) is 131 Å². The van der Waals surface area contributed by atoms with Gasteiger partial charge in [-0.15, -0.1) is 0 Å². The number of fused-ring (bicyclic) bond motifs is 2. The molecular formula is C34H34O8. The fourth-order valence-corrected chi connectivity index (χ4v) is 5.41. The van der Waals surface area contributed by atoms with Gasteiger partial charge >= 0.3 is 0 Å². The van der Waals surface area contributed by atoms with Crippen LogP contribution in [0.15, 0.2) is 103 Å². The summed E-state index contributed by atoms with van der Waals surface area (Å²) < 4.78 is 30.8. The lowest BCUT2D eigenvalue weighted by Gasteiger charge is -2.46. The second-order valence-corrected chi connectivity index (χ2v) is 10.5. The van der Waals surface area contributed by atoms with E-state index in [-0.39, 0.29) is 19.8 Å². The molecule has 4 aromatic rings. The highest BCUT2D eigenvalue weighted by Crippen LogP contribution is 2.51. The predicted octanol–water partition coefficient (Wildman–Crippen LogP) is 4.23. The van der Waals surface area contributed by atoms with Crippen LogP contribution in [0, 0.1) is 0 Å². The highest BCUT2D eigenvalue weighted by molar-refractivity contribution is 5.52. The van der Waals surface area contributed by atoms with Gasteiger partial charge < -0.3 is 39.0 Å². The summed E-state index contributed by atoms with van der Waals surface area (Å²) in [7, 11) is 0. The van der Waals surface area contributed by atoms with E-state index in [9.17, 15) is 15.3 Å². The number of benzene rings is 4. The molecule has 0 saturated carbocycles. The predicted molar refractivity (Wildman–Crippen MR) is 153 cm³/mol. The number of rotatable bonds is 10. The number of aliphatic hydroxyl groups excluding tert-OH is 3. The molecule has 218 valence electrons. The summed E-state index contributed by atoms with van der Waals surface area (Å²) in [6, 6.07) is 32.7. The Labute approximate surface area is 244 Å². The van der Waals surface area contributed by atoms with E-state index in [0.717, 1.165) is 16.7 Å². The van der Waals surface area contributed by atoms with Gasteiger partial charge in [0.05, 0.1) is 25.4 Å². The van der Waals surface area contributed by atoms with E-state index in [2.05, 4.69) is 0 Å². The Balaban J connectivity index is 1.29. The molecule has 42 heavy (non-hydrogen) atoms. The molecule has 8 heteroatoms. The topological polar surface area (TPSA) is 107 Å². The summed E-state index contributed by atoms with van der Waals surface area (Å²) >= 11 is 0. The lowest BCUT2D eigenvalue weighted by molar-refractivity contribution is -0.370. The minimum atomic E-state index is -1.78. The molecule has 8 nitrogen and oxygen atoms in total. The van der Waals surface area contributed by atoms with Gasteiger partial charge in [-0.2, -0.15) is 0 Å². The molecule has 4 aromatic carbocycles. The molecule has 5 atom stereocenters. The van der Waals surface area contributed by atoms with Crippen LogP contribution < -0.4 is 9.47 Å². The van der Waals surface area contributed by atoms with E-state index < -0.39 is 30.2 Å². The molecule has 1 saturated heterocycles. The molecule has 3 N–H and O–H groups in total. The first kappa shape index (κ1) is 28.4. The normalized spacial score (nSPS) is 24.8. The molecule has 2 heterocycles. The summed E-state index contributed by atoms with van der Waals surface area (Å²) in [6.45, 7) is 0.949. The van der Waals surface area contributed by atoms with Gasteiger partial charge in [-0.25, -0.2) is 0 Å². The van der Waals surface area contributed by atoms with Crippen molar-refractivity contribution < 1.29 is 39.0 Å². The quantitative estimate of drug-likeness (QED) is 0.260. The summed E-state index contributed by atoms with van der Waals surface area (Å²) in [5.74, 6) is -0.822. The Hall–Kier alpha value is -3.76. The zero-order chi connectivity index (χ0) is 28.9. The van der Waals surface area contributed by atoms with Gasteiger partial charge in [-0.05, 0) is 28.3 Å². The molecule has 0 amide bonds. The smallest absolute Gasteiger partial charge is 0.229 e. The van der Waals surface area contributed by atoms with Crippen LogP contribution in [0.25, 0.3) is 0 Å². The van der Waals surface area contributed by atoms with Crippen LogP contribution in [-0.2, 0) is 46.4 Å². The SMILES string of the molecule is O[C@@H]1[C@H](O)[C@@H](O)[C@@]2(OCc3cc(OCc4ccccc4)cc(OCc4ccccc4)c32)O[C@@H]1COCc1ccccc1. The van der Waals surface area contributed by atoms with Crippen LogP contribution in [0.1, 0.15) is 27.8 Å². The Morgan fingerprint density at radius 1 is 0.690 bits per heavy atom. The van der Waals surface area contributed by atoms with E-state index in [4.69, 9.17) is 23.7 Å². The average Bonchev–Trinajstić information content (AvgIpc) is 3.41. The van der Waals surface area contributed by atoms with Crippen molar-refractivity contribution in [3.8, 4) is 11.5 Å². The third-order valence-corrected chi connectivity index (χ3v) is 7.60. The fraction of sp³-hybridized carbons (Fsp3) is 0.294. The first-order chi connectivity index (χ1) is 20.5. The molecule has 0 bridgehead atoms. The lowest BCUT2D eigenvalue weighted by atomic mass is 9.87. The van der Waals surface area contributed by atoms with Crippen LogP contribution in [0.3, 0.4) is 0 Å². The molecule has 0 aliphatic carbocycles. The van der Waals surface area contributed by atoms with Crippen LogP contribution in [0.5, 0.6) is 11.5 Å². The van der Waals surface area contributed by atoms with Gasteiger partial charge in [0.25, 0.3) is 0 Å². The Bertz CT molecular complexity index is 1450. The number of hydrogen-bond donors (Lipinski definition) is 3. The first-order valence-corrected chi connectivity index (χ1v) is 14.0. The van der Waals surface area contributed by atoms with E-state index in [0.29, 0.717) is 35.8 Å². The second kappa shape index (κ2) is 12.6. The summed E-state index contributed by atoms with van der Waals surface area (Å²) in [5.41, 5.74) is 4.06. The van der Waals surface area contributed by atoms with Crippen molar-refractivity contribution in [2.24, 2.45) is 0 Å². The van der Waals surface area contributed by atoms with Gasteiger partial charge in [0, 0.05) is 6.07 Å². The number of ether oxygens (including phenoxy) is 5. The Morgan fingerprint density at radius 2 is 1.26 bits per heavy atom. The highest BCUT2D eigenvalue weighted by atomic mass is 16.7. The van der Waals surface area contributed by atoms with Crippen molar-refractivity contribution in [2.75, 3.05) is 6.61 Å². The molecule has 0 unspecified atom stereocenters. The van der Waals surface area contributed by atoms with Crippen molar-refractivity contribution in [3.63, 3.8) is 0 Å². The molecule has 0 aromatic heterocycles. The number of aliphatic hydroxyl groups is 3. The van der Waals surface area contributed by atoms with Crippen LogP contribution in [0.2, 0.25) is 0 Å². The van der Waals surface area contributed by atoms with Crippen LogP contribution in [-0.4, -0.2) is 46.3 Å². The zero-order valence-corrected chi connectivity index (χ0v) is 23.0. The number of hydrogen-bond acceptors (Lipinski definition) is 8. The second-order valence-electron chi connectivity index (χ2n) is 10.5. The van der Waals surface area contributed by atoms with E-state index in [1.807, 2.05) is 97.1 Å². The van der Waals surface area contributed by atoms with Crippen molar-refractivity contribution in [2.45, 2.75) is 56.6 Å². The van der Waals surface area contributed by atoms with Gasteiger partial charge in [-0.1, -0.05) is 91.0 Å². The highest BCUT2D eigenvalue weighted by Gasteiger charge is 2.59. The third kappa shape index (κ3) is 5.91. The van der Waals surface area contributed by atoms with Crippen molar-refractivity contribution in [1.82, 2.24) is 0 Å². The molecule has 6 rings (SSSR count). The Kier molecular flexibility index (Phi) is 8.53. The molecule has 1 fully saturated rings. The van der Waals surface area contributed by atoms with Crippen molar-refractivity contribution in [1.29, 1.82) is 0 Å². The first-order valence-electron chi connectivity index (χ1n) is 14.0. The van der Waals surface area contributed by atoms with E-state index >= 15 is 0 Å². The maximum absolute atomic E-state index is 11.3. The standard InChI is InChI=1S/C34H34O8/c35-31-29(22-38-18-23-10-4-1-5-11-23)42-34(33(37)32(31)36)30-26(21-41-34)16-27(39-19-24-12-6-2-7-13-24)17-28(30)40-20-25-14-8-3-9-15-25/h1-17,29,31-33,35-37H,18-22H2/t29-,31+,32+,33-,34+/m1/s1. The largest absolute Gasteiger partial charge is 0.489 e. The molecule has 2 aliphatic heterocycles. The van der Waals surface area contributed by atoms with E-state index in [1.54, 1.807) is 6.07 Å². The molecule has 1 spiro atoms. The minimum Gasteiger partial charge on any atom is -0.489 e. The van der Waals surface area contributed by atoms with Gasteiger partial charge in [-0.3, -0.25) is 0 Å². The molecule has 0 radical (unpaired) electrons. The fourth-order valence-electron chi connectivity index (χ4n) is 5.41. The monoisotopic (exact) mass is 570 g/mol. The summed E-state index contributed by atoms with van der Waals surface area (Å²) in [6.07, 6.45) is -5.51. The zero-order valence-electron chi connectivity index (χ0n) is 23.0. The van der Waals surface area contributed by atoms with Crippen LogP contribution >= 0.6 is 0 Å². The third-order valence-electron chi connectivity index (χ3n) is 7.60. The maximum atomic E-state index is 11.3. The minimum absolute atomic E-state index is 0.0290. The van der Waals surface area contributed by atoms with Gasteiger partial charge in [0.1, 0.15) is 49.1 Å². The van der Waals surface area contributed by atoms with Crippen molar-refractivity contribution >= 4 is 0 Å². The van der Waals surface area contributed by atoms with Gasteiger partial charge in [0.15, 0.2) is 0 Å². The van der Waals surface area contributed by atoms with Gasteiger partial charge in [0.2, 0.25) is 5.79 Å². The molecular weight excluding hydrogens is 536 g/mol.